The number of carboxylic acid groups (broad SMARTS) is 1. The third kappa shape index (κ3) is 7.22. The van der Waals surface area contributed by atoms with E-state index in [4.69, 9.17) is 5.11 Å². The van der Waals surface area contributed by atoms with Crippen molar-refractivity contribution >= 4 is 21.7 Å². The van der Waals surface area contributed by atoms with Gasteiger partial charge in [-0.2, -0.15) is 0 Å². The first-order chi connectivity index (χ1) is 7.26. The van der Waals surface area contributed by atoms with E-state index < -0.39 is 27.5 Å². The second kappa shape index (κ2) is 6.47. The largest absolute Gasteiger partial charge is 0.481 e. The molecule has 0 saturated heterocycles. The number of hydrogen-bond donors (Lipinski definition) is 2. The number of amides is 1. The van der Waals surface area contributed by atoms with Gasteiger partial charge in [0, 0.05) is 18.7 Å². The van der Waals surface area contributed by atoms with Crippen LogP contribution in [-0.4, -0.2) is 43.5 Å². The highest BCUT2D eigenvalue weighted by atomic mass is 32.2. The second-order valence-corrected chi connectivity index (χ2v) is 6.04. The van der Waals surface area contributed by atoms with Crippen molar-refractivity contribution < 1.29 is 23.1 Å². The molecule has 0 aromatic heterocycles. The number of sulfone groups is 1. The van der Waals surface area contributed by atoms with E-state index in [9.17, 15) is 18.0 Å². The zero-order chi connectivity index (χ0) is 12.8. The first-order valence-electron chi connectivity index (χ1n) is 4.95. The Hall–Kier alpha value is -1.11. The summed E-state index contributed by atoms with van der Waals surface area (Å²) in [6.45, 7) is 3.31. The summed E-state index contributed by atoms with van der Waals surface area (Å²) in [5.74, 6) is -2.36. The third-order valence-electron chi connectivity index (χ3n) is 1.96. The molecule has 7 heteroatoms. The van der Waals surface area contributed by atoms with Crippen molar-refractivity contribution in [1.82, 2.24) is 5.32 Å². The Labute approximate surface area is 95.0 Å². The number of rotatable bonds is 7. The maximum absolute atomic E-state index is 11.2. The van der Waals surface area contributed by atoms with Crippen LogP contribution < -0.4 is 5.32 Å². The smallest absolute Gasteiger partial charge is 0.303 e. The molecule has 0 heterocycles. The highest BCUT2D eigenvalue weighted by Crippen LogP contribution is 1.99. The molecule has 0 bridgehead atoms. The highest BCUT2D eigenvalue weighted by Gasteiger charge is 2.15. The fourth-order valence-corrected chi connectivity index (χ4v) is 1.72. The summed E-state index contributed by atoms with van der Waals surface area (Å²) >= 11 is 0. The van der Waals surface area contributed by atoms with Gasteiger partial charge in [-0.05, 0) is 5.92 Å². The molecule has 0 saturated carbocycles. The van der Waals surface area contributed by atoms with Gasteiger partial charge in [-0.3, -0.25) is 9.59 Å². The van der Waals surface area contributed by atoms with Crippen molar-refractivity contribution in [2.75, 3.05) is 18.1 Å². The molecule has 1 amide bonds. The van der Waals surface area contributed by atoms with Crippen LogP contribution in [0, 0.1) is 5.92 Å². The first-order valence-corrected chi connectivity index (χ1v) is 6.78. The van der Waals surface area contributed by atoms with Crippen LogP contribution in [0.1, 0.15) is 20.3 Å². The summed E-state index contributed by atoms with van der Waals surface area (Å²) in [6.07, 6.45) is -0.0548. The summed E-state index contributed by atoms with van der Waals surface area (Å²) in [5, 5.41) is 10.9. The standard InChI is InChI=1S/C9H17NO5S/c1-3-16(14,15)6-8(11)10-5-7(2)4-9(12)13/h7H,3-6H2,1-2H3,(H,10,11)(H,12,13). The van der Waals surface area contributed by atoms with Crippen LogP contribution in [0.2, 0.25) is 0 Å². The van der Waals surface area contributed by atoms with E-state index in [2.05, 4.69) is 5.32 Å². The van der Waals surface area contributed by atoms with Crippen LogP contribution in [0.15, 0.2) is 0 Å². The van der Waals surface area contributed by atoms with Crippen LogP contribution in [0.25, 0.3) is 0 Å². The first kappa shape index (κ1) is 14.9. The summed E-state index contributed by atoms with van der Waals surface area (Å²) in [4.78, 5) is 21.5. The predicted octanol–water partition coefficient (Wildman–Crippen LogP) is -0.352. The predicted molar refractivity (Wildman–Crippen MR) is 58.8 cm³/mol. The lowest BCUT2D eigenvalue weighted by Crippen LogP contribution is -2.34. The second-order valence-electron chi connectivity index (χ2n) is 3.68. The number of carbonyl (C=O) groups is 2. The molecule has 6 nitrogen and oxygen atoms in total. The molecule has 0 aliphatic rings. The molecule has 0 spiro atoms. The molecule has 1 unspecified atom stereocenters. The van der Waals surface area contributed by atoms with Crippen molar-refractivity contribution in [3.63, 3.8) is 0 Å². The summed E-state index contributed by atoms with van der Waals surface area (Å²) in [6, 6.07) is 0. The number of carbonyl (C=O) groups excluding carboxylic acids is 1. The minimum absolute atomic E-state index is 0.0548. The molecular weight excluding hydrogens is 234 g/mol. The van der Waals surface area contributed by atoms with E-state index in [-0.39, 0.29) is 24.6 Å². The molecule has 0 aliphatic carbocycles. The van der Waals surface area contributed by atoms with Crippen LogP contribution in [0.4, 0.5) is 0 Å². The quantitative estimate of drug-likeness (QED) is 0.644. The molecule has 0 aromatic rings. The van der Waals surface area contributed by atoms with Crippen molar-refractivity contribution in [1.29, 1.82) is 0 Å². The number of nitrogens with one attached hydrogen (secondary N) is 1. The number of hydrogen-bond acceptors (Lipinski definition) is 4. The zero-order valence-electron chi connectivity index (χ0n) is 9.39. The van der Waals surface area contributed by atoms with Crippen molar-refractivity contribution in [3.05, 3.63) is 0 Å². The molecule has 2 N–H and O–H groups in total. The van der Waals surface area contributed by atoms with E-state index in [1.807, 2.05) is 0 Å². The summed E-state index contributed by atoms with van der Waals surface area (Å²) in [7, 11) is -3.32. The van der Waals surface area contributed by atoms with Gasteiger partial charge in [0.15, 0.2) is 9.84 Å². The van der Waals surface area contributed by atoms with Gasteiger partial charge in [-0.25, -0.2) is 8.42 Å². The Morgan fingerprint density at radius 2 is 1.94 bits per heavy atom. The van der Waals surface area contributed by atoms with E-state index in [0.29, 0.717) is 0 Å². The monoisotopic (exact) mass is 251 g/mol. The van der Waals surface area contributed by atoms with Crippen LogP contribution in [-0.2, 0) is 19.4 Å². The molecule has 0 rings (SSSR count). The lowest BCUT2D eigenvalue weighted by atomic mass is 10.1. The van der Waals surface area contributed by atoms with Gasteiger partial charge in [0.1, 0.15) is 5.75 Å². The molecule has 0 aliphatic heterocycles. The minimum Gasteiger partial charge on any atom is -0.481 e. The molecule has 1 atom stereocenters. The Morgan fingerprint density at radius 1 is 1.38 bits per heavy atom. The van der Waals surface area contributed by atoms with E-state index in [1.165, 1.54) is 6.92 Å². The highest BCUT2D eigenvalue weighted by molar-refractivity contribution is 7.92. The van der Waals surface area contributed by atoms with E-state index in [0.717, 1.165) is 0 Å². The maximum atomic E-state index is 11.2. The fraction of sp³-hybridized carbons (Fsp3) is 0.778. The van der Waals surface area contributed by atoms with Crippen LogP contribution in [0.3, 0.4) is 0 Å². The Bertz CT molecular complexity index is 349. The van der Waals surface area contributed by atoms with Gasteiger partial charge in [0.25, 0.3) is 0 Å². The molecule has 16 heavy (non-hydrogen) atoms. The average Bonchev–Trinajstić information content (AvgIpc) is 2.13. The SMILES string of the molecule is CCS(=O)(=O)CC(=O)NCC(C)CC(=O)O. The average molecular weight is 251 g/mol. The van der Waals surface area contributed by atoms with Crippen molar-refractivity contribution in [3.8, 4) is 0 Å². The maximum Gasteiger partial charge on any atom is 0.303 e. The Morgan fingerprint density at radius 3 is 2.38 bits per heavy atom. The Balaban J connectivity index is 3.95. The molecule has 0 radical (unpaired) electrons. The van der Waals surface area contributed by atoms with Gasteiger partial charge in [0.2, 0.25) is 5.91 Å². The number of carboxylic acids is 1. The van der Waals surface area contributed by atoms with Crippen LogP contribution >= 0.6 is 0 Å². The van der Waals surface area contributed by atoms with Gasteiger partial charge in [-0.1, -0.05) is 13.8 Å². The molecular formula is C9H17NO5S. The van der Waals surface area contributed by atoms with Crippen molar-refractivity contribution in [2.24, 2.45) is 5.92 Å². The topological polar surface area (TPSA) is 101 Å². The summed E-state index contributed by atoms with van der Waals surface area (Å²) in [5.41, 5.74) is 0. The molecule has 94 valence electrons. The molecule has 0 aromatic carbocycles. The van der Waals surface area contributed by atoms with Crippen molar-refractivity contribution in [2.45, 2.75) is 20.3 Å². The van der Waals surface area contributed by atoms with Gasteiger partial charge in [0.05, 0.1) is 0 Å². The lowest BCUT2D eigenvalue weighted by molar-refractivity contribution is -0.138. The third-order valence-corrected chi connectivity index (χ3v) is 3.54. The Kier molecular flexibility index (Phi) is 6.02. The normalized spacial score (nSPS) is 13.1. The van der Waals surface area contributed by atoms with Gasteiger partial charge < -0.3 is 10.4 Å². The van der Waals surface area contributed by atoms with Gasteiger partial charge >= 0.3 is 5.97 Å². The molecule has 0 fully saturated rings. The van der Waals surface area contributed by atoms with E-state index in [1.54, 1.807) is 6.92 Å². The number of aliphatic carboxylic acids is 1. The van der Waals surface area contributed by atoms with Gasteiger partial charge in [-0.15, -0.1) is 0 Å². The van der Waals surface area contributed by atoms with E-state index >= 15 is 0 Å². The summed E-state index contributed by atoms with van der Waals surface area (Å²) < 4.78 is 22.2. The van der Waals surface area contributed by atoms with Crippen LogP contribution in [0.5, 0.6) is 0 Å². The minimum atomic E-state index is -3.32. The fourth-order valence-electron chi connectivity index (χ4n) is 1.01. The zero-order valence-corrected chi connectivity index (χ0v) is 10.2. The lowest BCUT2D eigenvalue weighted by Gasteiger charge is -2.10.